The number of hydrogen-bond acceptors (Lipinski definition) is 3. The lowest BCUT2D eigenvalue weighted by atomic mass is 9.85. The van der Waals surface area contributed by atoms with Crippen molar-refractivity contribution in [2.75, 3.05) is 0 Å². The van der Waals surface area contributed by atoms with E-state index in [0.29, 0.717) is 0 Å². The molecule has 0 aromatic carbocycles. The van der Waals surface area contributed by atoms with E-state index in [2.05, 4.69) is 5.10 Å². The molecule has 1 aromatic rings. The van der Waals surface area contributed by atoms with E-state index in [-0.39, 0.29) is 0 Å². The summed E-state index contributed by atoms with van der Waals surface area (Å²) in [4.78, 5) is 1.05. The second-order valence-electron chi connectivity index (χ2n) is 3.31. The molecule has 1 aliphatic rings. The van der Waals surface area contributed by atoms with Crippen LogP contribution in [0, 0.1) is 5.92 Å². The molecule has 66 valence electrons. The van der Waals surface area contributed by atoms with Crippen LogP contribution in [-0.2, 0) is 6.54 Å². The molecule has 1 aromatic heterocycles. The minimum atomic E-state index is 0.862. The number of rotatable bonds is 3. The molecule has 0 saturated heterocycles. The van der Waals surface area contributed by atoms with Crippen molar-refractivity contribution in [2.45, 2.75) is 30.7 Å². The lowest BCUT2D eigenvalue weighted by Gasteiger charge is -2.24. The van der Waals surface area contributed by atoms with Gasteiger partial charge in [0.25, 0.3) is 0 Å². The number of nitrogens with zero attached hydrogens (tertiary/aromatic N) is 2. The summed E-state index contributed by atoms with van der Waals surface area (Å²) in [7, 11) is 0. The Morgan fingerprint density at radius 2 is 2.50 bits per heavy atom. The third-order valence-corrected chi connectivity index (χ3v) is 2.90. The van der Waals surface area contributed by atoms with E-state index >= 15 is 0 Å². The molecule has 1 heterocycles. The number of nitrogens with two attached hydrogens (primary N) is 1. The van der Waals surface area contributed by atoms with Crippen LogP contribution in [0.2, 0.25) is 0 Å². The summed E-state index contributed by atoms with van der Waals surface area (Å²) in [6, 6.07) is 0. The van der Waals surface area contributed by atoms with Gasteiger partial charge >= 0.3 is 0 Å². The van der Waals surface area contributed by atoms with E-state index in [1.165, 1.54) is 31.2 Å². The first-order chi connectivity index (χ1) is 5.88. The Kier molecular flexibility index (Phi) is 2.37. The van der Waals surface area contributed by atoms with Gasteiger partial charge in [0.1, 0.15) is 0 Å². The van der Waals surface area contributed by atoms with Crippen LogP contribution in [0.15, 0.2) is 17.3 Å². The highest BCUT2D eigenvalue weighted by atomic mass is 32.2. The quantitative estimate of drug-likeness (QED) is 0.725. The Balaban J connectivity index is 1.93. The smallest absolute Gasteiger partial charge is 0.0639 e. The van der Waals surface area contributed by atoms with Gasteiger partial charge in [0.05, 0.1) is 11.1 Å². The van der Waals surface area contributed by atoms with Crippen molar-refractivity contribution < 1.29 is 0 Å². The van der Waals surface area contributed by atoms with Gasteiger partial charge in [-0.1, -0.05) is 6.42 Å². The Labute approximate surface area is 76.5 Å². The van der Waals surface area contributed by atoms with E-state index in [0.717, 1.165) is 17.4 Å². The van der Waals surface area contributed by atoms with E-state index < -0.39 is 0 Å². The van der Waals surface area contributed by atoms with Gasteiger partial charge < -0.3 is 0 Å². The van der Waals surface area contributed by atoms with Gasteiger partial charge in [0, 0.05) is 12.7 Å². The normalized spacial score (nSPS) is 17.8. The molecule has 3 nitrogen and oxygen atoms in total. The maximum atomic E-state index is 5.40. The minimum Gasteiger partial charge on any atom is -0.273 e. The van der Waals surface area contributed by atoms with Gasteiger partial charge in [-0.2, -0.15) is 5.10 Å². The van der Waals surface area contributed by atoms with Crippen molar-refractivity contribution in [2.24, 2.45) is 11.1 Å². The zero-order valence-electron chi connectivity index (χ0n) is 6.94. The summed E-state index contributed by atoms with van der Waals surface area (Å²) >= 11 is 1.26. The molecule has 0 radical (unpaired) electrons. The Morgan fingerprint density at radius 3 is 3.00 bits per heavy atom. The molecule has 1 fully saturated rings. The van der Waals surface area contributed by atoms with Crippen LogP contribution in [0.25, 0.3) is 0 Å². The molecule has 4 heteroatoms. The molecule has 0 bridgehead atoms. The molecule has 1 aliphatic carbocycles. The first kappa shape index (κ1) is 8.13. The fraction of sp³-hybridized carbons (Fsp3) is 0.625. The van der Waals surface area contributed by atoms with Crippen LogP contribution >= 0.6 is 11.9 Å². The van der Waals surface area contributed by atoms with Gasteiger partial charge in [-0.3, -0.25) is 9.82 Å². The van der Waals surface area contributed by atoms with E-state index in [9.17, 15) is 0 Å². The second kappa shape index (κ2) is 3.49. The highest BCUT2D eigenvalue weighted by Gasteiger charge is 2.17. The molecule has 0 aliphatic heterocycles. The lowest BCUT2D eigenvalue weighted by Crippen LogP contribution is -2.18. The van der Waals surface area contributed by atoms with Gasteiger partial charge in [-0.05, 0) is 30.7 Å². The Hall–Kier alpha value is -0.480. The second-order valence-corrected chi connectivity index (χ2v) is 4.02. The number of aromatic nitrogens is 2. The van der Waals surface area contributed by atoms with Crippen LogP contribution in [0.5, 0.6) is 0 Å². The molecule has 2 N–H and O–H groups in total. The molecular weight excluding hydrogens is 170 g/mol. The van der Waals surface area contributed by atoms with Crippen molar-refractivity contribution in [3.8, 4) is 0 Å². The summed E-state index contributed by atoms with van der Waals surface area (Å²) in [6.07, 6.45) is 7.96. The lowest BCUT2D eigenvalue weighted by molar-refractivity contribution is 0.266. The third-order valence-electron chi connectivity index (χ3n) is 2.42. The molecule has 12 heavy (non-hydrogen) atoms. The zero-order chi connectivity index (χ0) is 8.39. The van der Waals surface area contributed by atoms with Gasteiger partial charge in [0.15, 0.2) is 0 Å². The fourth-order valence-corrected chi connectivity index (χ4v) is 1.74. The number of hydrogen-bond donors (Lipinski definition) is 1. The summed E-state index contributed by atoms with van der Waals surface area (Å²) in [6.45, 7) is 1.07. The van der Waals surface area contributed by atoms with Crippen LogP contribution in [0.3, 0.4) is 0 Å². The Morgan fingerprint density at radius 1 is 1.67 bits per heavy atom. The molecule has 0 amide bonds. The van der Waals surface area contributed by atoms with Crippen LogP contribution in [-0.4, -0.2) is 9.78 Å². The van der Waals surface area contributed by atoms with Crippen LogP contribution in [0.4, 0.5) is 0 Å². The van der Waals surface area contributed by atoms with Gasteiger partial charge in [-0.15, -0.1) is 0 Å². The topological polar surface area (TPSA) is 43.8 Å². The standard InChI is InChI=1S/C8H13N3S/c9-12-8-4-10-11(6-8)5-7-2-1-3-7/h4,6-7H,1-3,5,9H2. The summed E-state index contributed by atoms with van der Waals surface area (Å²) in [5, 5.41) is 9.63. The maximum Gasteiger partial charge on any atom is 0.0639 e. The summed E-state index contributed by atoms with van der Waals surface area (Å²) in [5.74, 6) is 0.862. The molecule has 0 spiro atoms. The predicted molar refractivity (Wildman–Crippen MR) is 49.6 cm³/mol. The van der Waals surface area contributed by atoms with Crippen LogP contribution in [0.1, 0.15) is 19.3 Å². The molecule has 0 atom stereocenters. The van der Waals surface area contributed by atoms with Crippen molar-refractivity contribution in [3.05, 3.63) is 12.4 Å². The van der Waals surface area contributed by atoms with Crippen molar-refractivity contribution in [1.82, 2.24) is 9.78 Å². The Bertz CT molecular complexity index is 255. The van der Waals surface area contributed by atoms with Crippen molar-refractivity contribution in [1.29, 1.82) is 0 Å². The van der Waals surface area contributed by atoms with Crippen molar-refractivity contribution in [3.63, 3.8) is 0 Å². The highest BCUT2D eigenvalue weighted by Crippen LogP contribution is 2.27. The molecular formula is C8H13N3S. The van der Waals surface area contributed by atoms with E-state index in [1.54, 1.807) is 0 Å². The van der Waals surface area contributed by atoms with E-state index in [4.69, 9.17) is 5.14 Å². The third kappa shape index (κ3) is 1.64. The van der Waals surface area contributed by atoms with Crippen LogP contribution < -0.4 is 5.14 Å². The maximum absolute atomic E-state index is 5.40. The van der Waals surface area contributed by atoms with Gasteiger partial charge in [0.2, 0.25) is 0 Å². The molecule has 0 unspecified atom stereocenters. The molecule has 1 saturated carbocycles. The average molecular weight is 183 g/mol. The summed E-state index contributed by atoms with van der Waals surface area (Å²) < 4.78 is 2.00. The fourth-order valence-electron chi connectivity index (χ4n) is 1.45. The predicted octanol–water partition coefficient (Wildman–Crippen LogP) is 1.65. The first-order valence-corrected chi connectivity index (χ1v) is 5.15. The monoisotopic (exact) mass is 183 g/mol. The average Bonchev–Trinajstić information content (AvgIpc) is 2.44. The highest BCUT2D eigenvalue weighted by molar-refractivity contribution is 7.97. The largest absolute Gasteiger partial charge is 0.273 e. The van der Waals surface area contributed by atoms with Gasteiger partial charge in [-0.25, -0.2) is 0 Å². The van der Waals surface area contributed by atoms with Crippen molar-refractivity contribution >= 4 is 11.9 Å². The molecule has 2 rings (SSSR count). The summed E-state index contributed by atoms with van der Waals surface area (Å²) in [5.41, 5.74) is 0. The minimum absolute atomic E-state index is 0.862. The first-order valence-electron chi connectivity index (χ1n) is 4.27. The van der Waals surface area contributed by atoms with E-state index in [1.807, 2.05) is 17.1 Å². The SMILES string of the molecule is NSc1cnn(CC2CCC2)c1. The zero-order valence-corrected chi connectivity index (χ0v) is 7.76.